The van der Waals surface area contributed by atoms with E-state index in [9.17, 15) is 9.59 Å². The van der Waals surface area contributed by atoms with Crippen LogP contribution < -0.4 is 20.0 Å². The minimum Gasteiger partial charge on any atom is -0.355 e. The lowest BCUT2D eigenvalue weighted by Crippen LogP contribution is -2.47. The molecule has 0 aliphatic carbocycles. The average molecular weight is 489 g/mol. The van der Waals surface area contributed by atoms with Gasteiger partial charge in [0.1, 0.15) is 5.82 Å². The summed E-state index contributed by atoms with van der Waals surface area (Å²) >= 11 is 0.878. The highest BCUT2D eigenvalue weighted by Crippen LogP contribution is 2.27. The molecule has 2 fully saturated rings. The lowest BCUT2D eigenvalue weighted by Gasteiger charge is -2.35. The molecule has 4 heterocycles. The van der Waals surface area contributed by atoms with Gasteiger partial charge in [0.15, 0.2) is 0 Å². The van der Waals surface area contributed by atoms with Gasteiger partial charge in [-0.05, 0) is 29.5 Å². The highest BCUT2D eigenvalue weighted by Gasteiger charge is 2.26. The summed E-state index contributed by atoms with van der Waals surface area (Å²) < 4.78 is 0. The van der Waals surface area contributed by atoms with Gasteiger partial charge in [0, 0.05) is 58.2 Å². The van der Waals surface area contributed by atoms with Crippen LogP contribution in [0.3, 0.4) is 0 Å². The third kappa shape index (κ3) is 5.40. The molecule has 5 rings (SSSR count). The second-order valence-electron chi connectivity index (χ2n) is 8.17. The Kier molecular flexibility index (Phi) is 6.57. The zero-order valence-electron chi connectivity index (χ0n) is 19.2. The summed E-state index contributed by atoms with van der Waals surface area (Å²) in [6.07, 6.45) is 5.13. The topological polar surface area (TPSA) is 107 Å². The molecular weight excluding hydrogens is 464 g/mol. The molecule has 10 nitrogen and oxygen atoms in total. The average Bonchev–Trinajstić information content (AvgIpc) is 3.21. The standard InChI is InChI=1S/C24H24N8O2S/c1-30(16-17-6-3-2-4-7-17)20-15-18(14-19-21(33)29-24(34)35-19)27-23(28-20)32-12-10-31(11-13-32)22-25-8-5-9-26-22/h2-9,14-15H,10-13,16H2,1H3,(H,29,33,34). The fraction of sp³-hybridized carbons (Fsp3) is 0.250. The van der Waals surface area contributed by atoms with Crippen LogP contribution in [0.4, 0.5) is 22.5 Å². The molecule has 178 valence electrons. The number of piperazine rings is 1. The lowest BCUT2D eigenvalue weighted by atomic mass is 10.2. The highest BCUT2D eigenvalue weighted by atomic mass is 32.2. The molecule has 2 aliphatic heterocycles. The first kappa shape index (κ1) is 22.8. The number of rotatable bonds is 6. The van der Waals surface area contributed by atoms with Crippen molar-refractivity contribution < 1.29 is 9.59 Å². The molecule has 35 heavy (non-hydrogen) atoms. The summed E-state index contributed by atoms with van der Waals surface area (Å²) in [4.78, 5) is 48.6. The maximum absolute atomic E-state index is 12.1. The van der Waals surface area contributed by atoms with E-state index in [1.165, 1.54) is 0 Å². The number of nitrogens with one attached hydrogen (secondary N) is 1. The van der Waals surface area contributed by atoms with Crippen LogP contribution in [0.1, 0.15) is 11.3 Å². The maximum atomic E-state index is 12.1. The first-order valence-corrected chi connectivity index (χ1v) is 12.0. The van der Waals surface area contributed by atoms with Crippen LogP contribution in [0.25, 0.3) is 6.08 Å². The zero-order chi connectivity index (χ0) is 24.2. The molecule has 0 atom stereocenters. The normalized spacial score (nSPS) is 17.1. The van der Waals surface area contributed by atoms with Gasteiger partial charge in [0.2, 0.25) is 11.9 Å². The molecule has 0 unspecified atom stereocenters. The summed E-state index contributed by atoms with van der Waals surface area (Å²) in [5, 5.41) is 1.91. The van der Waals surface area contributed by atoms with Gasteiger partial charge >= 0.3 is 0 Å². The van der Waals surface area contributed by atoms with Gasteiger partial charge in [-0.25, -0.2) is 15.0 Å². The molecule has 2 amide bonds. The lowest BCUT2D eigenvalue weighted by molar-refractivity contribution is -0.115. The summed E-state index contributed by atoms with van der Waals surface area (Å²) in [6, 6.07) is 13.8. The Labute approximate surface area is 207 Å². The largest absolute Gasteiger partial charge is 0.355 e. The fourth-order valence-electron chi connectivity index (χ4n) is 3.91. The number of nitrogens with zero attached hydrogens (tertiary/aromatic N) is 7. The monoisotopic (exact) mass is 488 g/mol. The zero-order valence-corrected chi connectivity index (χ0v) is 20.0. The van der Waals surface area contributed by atoms with E-state index in [1.807, 2.05) is 36.2 Å². The Hall–Kier alpha value is -3.99. The summed E-state index contributed by atoms with van der Waals surface area (Å²) in [5.74, 6) is 1.62. The van der Waals surface area contributed by atoms with E-state index in [2.05, 4.69) is 37.2 Å². The minimum atomic E-state index is -0.407. The van der Waals surface area contributed by atoms with Crippen molar-refractivity contribution in [3.05, 3.63) is 71.0 Å². The predicted molar refractivity (Wildman–Crippen MR) is 136 cm³/mol. The molecule has 0 bridgehead atoms. The molecular formula is C24H24N8O2S. The van der Waals surface area contributed by atoms with Crippen molar-refractivity contribution in [2.45, 2.75) is 6.54 Å². The Bertz CT molecular complexity index is 1250. The van der Waals surface area contributed by atoms with Crippen molar-refractivity contribution in [1.82, 2.24) is 25.3 Å². The van der Waals surface area contributed by atoms with Crippen LogP contribution >= 0.6 is 11.8 Å². The van der Waals surface area contributed by atoms with Crippen molar-refractivity contribution in [2.24, 2.45) is 0 Å². The molecule has 0 saturated carbocycles. The molecule has 0 spiro atoms. The van der Waals surface area contributed by atoms with E-state index in [0.717, 1.165) is 36.2 Å². The van der Waals surface area contributed by atoms with Gasteiger partial charge in [-0.2, -0.15) is 4.98 Å². The van der Waals surface area contributed by atoms with Gasteiger partial charge in [0.25, 0.3) is 11.1 Å². The van der Waals surface area contributed by atoms with Gasteiger partial charge in [-0.3, -0.25) is 14.9 Å². The number of thioether (sulfide) groups is 1. The number of carbonyl (C=O) groups is 2. The van der Waals surface area contributed by atoms with Crippen LogP contribution in [0.2, 0.25) is 0 Å². The fourth-order valence-corrected chi connectivity index (χ4v) is 4.57. The highest BCUT2D eigenvalue weighted by molar-refractivity contribution is 8.18. The van der Waals surface area contributed by atoms with Crippen LogP contribution in [-0.2, 0) is 11.3 Å². The number of hydrogen-bond donors (Lipinski definition) is 1. The predicted octanol–water partition coefficient (Wildman–Crippen LogP) is 2.55. The molecule has 1 aromatic carbocycles. The summed E-state index contributed by atoms with van der Waals surface area (Å²) in [5.41, 5.74) is 1.73. The van der Waals surface area contributed by atoms with Crippen molar-refractivity contribution in [2.75, 3.05) is 47.9 Å². The SMILES string of the molecule is CN(Cc1ccccc1)c1cc(C=C2SC(=O)NC2=O)nc(N2CCN(c3ncccn3)CC2)n1. The van der Waals surface area contributed by atoms with Crippen molar-refractivity contribution in [3.8, 4) is 0 Å². The third-order valence-electron chi connectivity index (χ3n) is 5.69. The van der Waals surface area contributed by atoms with Crippen molar-refractivity contribution >= 4 is 46.7 Å². The number of imide groups is 1. The van der Waals surface area contributed by atoms with Crippen LogP contribution in [0.15, 0.2) is 59.8 Å². The number of aromatic nitrogens is 4. The van der Waals surface area contributed by atoms with Crippen LogP contribution in [-0.4, -0.2) is 64.3 Å². The summed E-state index contributed by atoms with van der Waals surface area (Å²) in [6.45, 7) is 3.54. The quantitative estimate of drug-likeness (QED) is 0.520. The van der Waals surface area contributed by atoms with E-state index in [1.54, 1.807) is 24.5 Å². The van der Waals surface area contributed by atoms with Gasteiger partial charge in [0.05, 0.1) is 10.6 Å². The van der Waals surface area contributed by atoms with Gasteiger partial charge in [-0.15, -0.1) is 0 Å². The molecule has 1 N–H and O–H groups in total. The number of anilines is 3. The van der Waals surface area contributed by atoms with E-state index in [-0.39, 0.29) is 5.24 Å². The van der Waals surface area contributed by atoms with Gasteiger partial charge < -0.3 is 14.7 Å². The third-order valence-corrected chi connectivity index (χ3v) is 6.50. The second kappa shape index (κ2) is 10.1. The molecule has 2 aliphatic rings. The van der Waals surface area contributed by atoms with Crippen molar-refractivity contribution in [1.29, 1.82) is 0 Å². The first-order valence-electron chi connectivity index (χ1n) is 11.2. The maximum Gasteiger partial charge on any atom is 0.290 e. The Balaban J connectivity index is 1.41. The minimum absolute atomic E-state index is 0.322. The molecule has 2 saturated heterocycles. The molecule has 3 aromatic rings. The number of amides is 2. The Morgan fingerprint density at radius 2 is 1.66 bits per heavy atom. The molecule has 0 radical (unpaired) electrons. The molecule has 11 heteroatoms. The number of hydrogen-bond acceptors (Lipinski definition) is 10. The van der Waals surface area contributed by atoms with Crippen molar-refractivity contribution in [3.63, 3.8) is 0 Å². The van der Waals surface area contributed by atoms with Crippen LogP contribution in [0.5, 0.6) is 0 Å². The van der Waals surface area contributed by atoms with Gasteiger partial charge in [-0.1, -0.05) is 30.3 Å². The second-order valence-corrected chi connectivity index (χ2v) is 9.18. The van der Waals surface area contributed by atoms with E-state index in [4.69, 9.17) is 9.97 Å². The number of carbonyl (C=O) groups excluding carboxylic acids is 2. The van der Waals surface area contributed by atoms with E-state index in [0.29, 0.717) is 42.1 Å². The van der Waals surface area contributed by atoms with Crippen LogP contribution in [0, 0.1) is 0 Å². The number of benzene rings is 1. The Morgan fingerprint density at radius 1 is 0.971 bits per heavy atom. The van der Waals surface area contributed by atoms with E-state index >= 15 is 0 Å². The Morgan fingerprint density at radius 3 is 2.31 bits per heavy atom. The smallest absolute Gasteiger partial charge is 0.290 e. The van der Waals surface area contributed by atoms with E-state index < -0.39 is 5.91 Å². The summed E-state index contributed by atoms with van der Waals surface area (Å²) in [7, 11) is 1.97. The molecule has 2 aromatic heterocycles. The first-order chi connectivity index (χ1) is 17.0.